The van der Waals surface area contributed by atoms with E-state index in [1.165, 1.54) is 5.01 Å². The summed E-state index contributed by atoms with van der Waals surface area (Å²) in [6.07, 6.45) is 1.85. The zero-order valence-electron chi connectivity index (χ0n) is 11.7. The molecule has 0 aromatic heterocycles. The van der Waals surface area contributed by atoms with Gasteiger partial charge in [-0.1, -0.05) is 6.07 Å². The van der Waals surface area contributed by atoms with Gasteiger partial charge < -0.3 is 5.32 Å². The van der Waals surface area contributed by atoms with E-state index in [4.69, 9.17) is 4.84 Å². The monoisotopic (exact) mass is 405 g/mol. The van der Waals surface area contributed by atoms with Crippen molar-refractivity contribution in [2.24, 2.45) is 5.92 Å². The lowest BCUT2D eigenvalue weighted by atomic mass is 10.2. The second-order valence-corrected chi connectivity index (χ2v) is 6.09. The number of urea groups is 1. The summed E-state index contributed by atoms with van der Waals surface area (Å²) in [6, 6.07) is 5.21. The number of hydrogen-bond donors (Lipinski definition) is 3. The molecule has 0 radical (unpaired) electrons. The first-order chi connectivity index (χ1) is 9.99. The lowest BCUT2D eigenvalue weighted by Gasteiger charge is -2.14. The van der Waals surface area contributed by atoms with E-state index < -0.39 is 0 Å². The number of carbonyl (C=O) groups excluding carboxylic acids is 2. The lowest BCUT2D eigenvalue weighted by molar-refractivity contribution is -0.537. The van der Waals surface area contributed by atoms with Gasteiger partial charge in [-0.15, -0.1) is 0 Å². The average Bonchev–Trinajstić information content (AvgIpc) is 3.25. The van der Waals surface area contributed by atoms with Gasteiger partial charge in [0.15, 0.2) is 0 Å². The molecule has 21 heavy (non-hydrogen) atoms. The Hall–Kier alpha value is -1.39. The van der Waals surface area contributed by atoms with Crippen molar-refractivity contribution < 1.29 is 20.3 Å². The fourth-order valence-corrected chi connectivity index (χ4v) is 2.30. The number of benzene rings is 1. The second-order valence-electron chi connectivity index (χ2n) is 4.92. The van der Waals surface area contributed by atoms with E-state index in [1.807, 2.05) is 12.1 Å². The highest BCUT2D eigenvalue weighted by molar-refractivity contribution is 14.1. The van der Waals surface area contributed by atoms with Crippen LogP contribution in [0, 0.1) is 9.49 Å². The standard InChI is InChI=1S/C13H17IN4O3/c1-18(15)13(20)16-11-4-2-3-10(14)9(11)7-21-17-12(19)8-5-6-8/h2-4,8H,5-7,15H2,1H3,(H,16,20)(H,17,19)/p+1. The third-order valence-corrected chi connectivity index (χ3v) is 4.06. The van der Waals surface area contributed by atoms with E-state index in [0.29, 0.717) is 5.69 Å². The predicted octanol–water partition coefficient (Wildman–Crippen LogP) is 0.870. The third kappa shape index (κ3) is 4.55. The molecule has 1 fully saturated rings. The van der Waals surface area contributed by atoms with Gasteiger partial charge in [-0.2, -0.15) is 5.01 Å². The molecule has 8 heteroatoms. The molecule has 0 aliphatic heterocycles. The Morgan fingerprint density at radius 3 is 2.81 bits per heavy atom. The summed E-state index contributed by atoms with van der Waals surface area (Å²) in [5.41, 5.74) is 3.90. The summed E-state index contributed by atoms with van der Waals surface area (Å²) in [5, 5.41) is 3.96. The van der Waals surface area contributed by atoms with E-state index >= 15 is 0 Å². The number of nitrogens with zero attached hydrogens (tertiary/aromatic N) is 1. The van der Waals surface area contributed by atoms with Crippen LogP contribution in [0.15, 0.2) is 18.2 Å². The van der Waals surface area contributed by atoms with Gasteiger partial charge in [-0.3, -0.25) is 15.5 Å². The summed E-state index contributed by atoms with van der Waals surface area (Å²) in [4.78, 5) is 28.5. The molecule has 1 aliphatic carbocycles. The summed E-state index contributed by atoms with van der Waals surface area (Å²) < 4.78 is 0.942. The van der Waals surface area contributed by atoms with Crippen molar-refractivity contribution in [3.05, 3.63) is 27.3 Å². The minimum absolute atomic E-state index is 0.0796. The molecule has 1 aromatic carbocycles. The maximum atomic E-state index is 11.7. The number of hydroxylamine groups is 1. The van der Waals surface area contributed by atoms with Crippen LogP contribution < -0.4 is 16.6 Å². The van der Waals surface area contributed by atoms with Gasteiger partial charge in [0, 0.05) is 20.7 Å². The average molecular weight is 405 g/mol. The SMILES string of the molecule is CN([NH3+])C(=O)Nc1cccc(I)c1CONC(=O)C1CC1. The molecule has 0 atom stereocenters. The Morgan fingerprint density at radius 2 is 2.19 bits per heavy atom. The molecule has 3 amide bonds. The molecular weight excluding hydrogens is 387 g/mol. The van der Waals surface area contributed by atoms with Crippen molar-refractivity contribution in [1.82, 2.24) is 10.5 Å². The first-order valence-corrected chi connectivity index (χ1v) is 7.61. The molecule has 1 aromatic rings. The number of halogens is 1. The molecule has 0 bridgehead atoms. The highest BCUT2D eigenvalue weighted by atomic mass is 127. The maximum absolute atomic E-state index is 11.7. The maximum Gasteiger partial charge on any atom is 0.365 e. The molecule has 2 rings (SSSR count). The van der Waals surface area contributed by atoms with Gasteiger partial charge in [0.05, 0.1) is 7.05 Å². The number of carbonyl (C=O) groups is 2. The minimum atomic E-state index is -0.319. The summed E-state index contributed by atoms with van der Waals surface area (Å²) in [7, 11) is 1.56. The largest absolute Gasteiger partial charge is 0.365 e. The van der Waals surface area contributed by atoms with Gasteiger partial charge in [0.25, 0.3) is 0 Å². The van der Waals surface area contributed by atoms with Crippen LogP contribution in [0.5, 0.6) is 0 Å². The number of amides is 3. The van der Waals surface area contributed by atoms with Crippen molar-refractivity contribution >= 4 is 40.2 Å². The molecule has 0 saturated heterocycles. The first kappa shape index (κ1) is 16.0. The minimum Gasteiger partial charge on any atom is -0.304 e. The zero-order valence-corrected chi connectivity index (χ0v) is 13.8. The fraction of sp³-hybridized carbons (Fsp3) is 0.385. The van der Waals surface area contributed by atoms with Crippen molar-refractivity contribution in [1.29, 1.82) is 0 Å². The number of nitrogens with one attached hydrogen (secondary N) is 2. The van der Waals surface area contributed by atoms with E-state index in [-0.39, 0.29) is 24.5 Å². The molecule has 7 nitrogen and oxygen atoms in total. The van der Waals surface area contributed by atoms with E-state index in [1.54, 1.807) is 13.1 Å². The summed E-state index contributed by atoms with van der Waals surface area (Å²) in [5.74, 6) is 3.55. The Balaban J connectivity index is 1.99. The van der Waals surface area contributed by atoms with Crippen LogP contribution in [-0.2, 0) is 16.2 Å². The number of rotatable bonds is 5. The predicted molar refractivity (Wildman–Crippen MR) is 84.5 cm³/mol. The van der Waals surface area contributed by atoms with E-state index in [0.717, 1.165) is 22.0 Å². The van der Waals surface area contributed by atoms with Crippen LogP contribution in [0.3, 0.4) is 0 Å². The second kappa shape index (κ2) is 7.05. The number of quaternary nitrogens is 1. The molecule has 0 heterocycles. The topological polar surface area (TPSA) is 98.3 Å². The highest BCUT2D eigenvalue weighted by Crippen LogP contribution is 2.29. The molecule has 5 N–H and O–H groups in total. The quantitative estimate of drug-likeness (QED) is 0.501. The van der Waals surface area contributed by atoms with Crippen LogP contribution in [0.2, 0.25) is 0 Å². The van der Waals surface area contributed by atoms with Crippen LogP contribution in [0.4, 0.5) is 10.5 Å². The molecule has 1 saturated carbocycles. The van der Waals surface area contributed by atoms with Crippen LogP contribution >= 0.6 is 22.6 Å². The van der Waals surface area contributed by atoms with Gasteiger partial charge >= 0.3 is 6.03 Å². The van der Waals surface area contributed by atoms with Crippen molar-refractivity contribution in [2.45, 2.75) is 19.4 Å². The summed E-state index contributed by atoms with van der Waals surface area (Å²) >= 11 is 2.16. The molecule has 114 valence electrons. The van der Waals surface area contributed by atoms with E-state index in [2.05, 4.69) is 39.2 Å². The van der Waals surface area contributed by atoms with Crippen LogP contribution in [0.25, 0.3) is 0 Å². The van der Waals surface area contributed by atoms with Gasteiger partial charge in [0.2, 0.25) is 5.91 Å². The Bertz CT molecular complexity index is 546. The van der Waals surface area contributed by atoms with E-state index in [9.17, 15) is 9.59 Å². The Morgan fingerprint density at radius 1 is 1.48 bits per heavy atom. The summed E-state index contributed by atoms with van der Waals surface area (Å²) in [6.45, 7) is 0.189. The van der Waals surface area contributed by atoms with Gasteiger partial charge in [-0.25, -0.2) is 10.3 Å². The van der Waals surface area contributed by atoms with Gasteiger partial charge in [-0.05, 0) is 47.6 Å². The molecular formula is C13H18IN4O3+. The van der Waals surface area contributed by atoms with Crippen LogP contribution in [0.1, 0.15) is 18.4 Å². The van der Waals surface area contributed by atoms with Crippen LogP contribution in [-0.4, -0.2) is 24.0 Å². The van der Waals surface area contributed by atoms with Gasteiger partial charge in [0.1, 0.15) is 6.61 Å². The van der Waals surface area contributed by atoms with Crippen molar-refractivity contribution in [3.8, 4) is 0 Å². The first-order valence-electron chi connectivity index (χ1n) is 6.53. The highest BCUT2D eigenvalue weighted by Gasteiger charge is 2.29. The molecule has 0 unspecified atom stereocenters. The Labute approximate surface area is 136 Å². The Kier molecular flexibility index (Phi) is 5.37. The van der Waals surface area contributed by atoms with Crippen molar-refractivity contribution in [3.63, 3.8) is 0 Å². The van der Waals surface area contributed by atoms with Crippen molar-refractivity contribution in [2.75, 3.05) is 12.4 Å². The molecule has 1 aliphatic rings. The number of hydrogen-bond acceptors (Lipinski definition) is 3. The molecule has 0 spiro atoms. The third-order valence-electron chi connectivity index (χ3n) is 3.04. The zero-order chi connectivity index (χ0) is 15.4. The fourth-order valence-electron chi connectivity index (χ4n) is 1.64. The smallest absolute Gasteiger partial charge is 0.304 e. The lowest BCUT2D eigenvalue weighted by Crippen LogP contribution is -2.68. The normalized spacial score (nSPS) is 13.7. The number of anilines is 1.